The van der Waals surface area contributed by atoms with Gasteiger partial charge in [0.2, 0.25) is 5.91 Å². The van der Waals surface area contributed by atoms with Crippen molar-refractivity contribution < 1.29 is 4.79 Å². The Hall–Kier alpha value is -2.92. The SMILES string of the molecule is CC(=O)NCCc1c(C2CCCc3c2ccc2c3ccc3c(I)cccc32)ccc2ccccc12. The number of rotatable bonds is 4. The molecule has 5 aromatic rings. The van der Waals surface area contributed by atoms with E-state index >= 15 is 0 Å². The first-order valence-corrected chi connectivity index (χ1v) is 13.6. The fourth-order valence-electron chi connectivity index (χ4n) is 6.10. The van der Waals surface area contributed by atoms with E-state index in [2.05, 4.69) is 107 Å². The molecule has 1 atom stereocenters. The summed E-state index contributed by atoms with van der Waals surface area (Å²) in [5.41, 5.74) is 5.79. The van der Waals surface area contributed by atoms with Gasteiger partial charge in [-0.05, 0) is 109 Å². The summed E-state index contributed by atoms with van der Waals surface area (Å²) in [6, 6.07) is 29.3. The van der Waals surface area contributed by atoms with Gasteiger partial charge in [0.25, 0.3) is 0 Å². The second kappa shape index (κ2) is 9.27. The fourth-order valence-corrected chi connectivity index (χ4v) is 6.78. The summed E-state index contributed by atoms with van der Waals surface area (Å²) in [4.78, 5) is 11.6. The van der Waals surface area contributed by atoms with Gasteiger partial charge in [0, 0.05) is 23.0 Å². The number of hydrogen-bond donors (Lipinski definition) is 1. The van der Waals surface area contributed by atoms with Gasteiger partial charge < -0.3 is 5.32 Å². The van der Waals surface area contributed by atoms with Crippen LogP contribution in [0.1, 0.15) is 47.9 Å². The van der Waals surface area contributed by atoms with Crippen LogP contribution in [0.5, 0.6) is 0 Å². The number of aryl methyl sites for hydroxylation is 1. The lowest BCUT2D eigenvalue weighted by Crippen LogP contribution is -2.23. The average Bonchev–Trinajstić information content (AvgIpc) is 2.88. The van der Waals surface area contributed by atoms with Crippen LogP contribution >= 0.6 is 22.6 Å². The summed E-state index contributed by atoms with van der Waals surface area (Å²) in [7, 11) is 0. The van der Waals surface area contributed by atoms with Crippen molar-refractivity contribution in [3.63, 3.8) is 0 Å². The van der Waals surface area contributed by atoms with Crippen molar-refractivity contribution in [1.82, 2.24) is 5.32 Å². The zero-order valence-electron chi connectivity index (χ0n) is 19.9. The number of nitrogens with one attached hydrogen (secondary N) is 1. The zero-order valence-corrected chi connectivity index (χ0v) is 22.1. The minimum absolute atomic E-state index is 0.0307. The van der Waals surface area contributed by atoms with E-state index in [1.807, 2.05) is 0 Å². The lowest BCUT2D eigenvalue weighted by molar-refractivity contribution is -0.118. The van der Waals surface area contributed by atoms with Gasteiger partial charge >= 0.3 is 0 Å². The molecule has 1 unspecified atom stereocenters. The van der Waals surface area contributed by atoms with E-state index in [4.69, 9.17) is 0 Å². The number of fused-ring (bicyclic) bond motifs is 6. The van der Waals surface area contributed by atoms with Gasteiger partial charge in [-0.15, -0.1) is 0 Å². The number of amides is 1. The highest BCUT2D eigenvalue weighted by Crippen LogP contribution is 2.43. The number of halogens is 1. The van der Waals surface area contributed by atoms with Crippen LogP contribution in [0.25, 0.3) is 32.3 Å². The van der Waals surface area contributed by atoms with Crippen LogP contribution in [0.15, 0.2) is 78.9 Å². The molecule has 1 N–H and O–H groups in total. The van der Waals surface area contributed by atoms with E-state index in [-0.39, 0.29) is 5.91 Å². The highest BCUT2D eigenvalue weighted by molar-refractivity contribution is 14.1. The normalized spacial score (nSPS) is 15.4. The Balaban J connectivity index is 1.52. The van der Waals surface area contributed by atoms with Crippen molar-refractivity contribution in [1.29, 1.82) is 0 Å². The van der Waals surface area contributed by atoms with Gasteiger partial charge in [0.15, 0.2) is 0 Å². The minimum atomic E-state index is 0.0307. The molecule has 0 saturated heterocycles. The average molecular weight is 569 g/mol. The fraction of sp³-hybridized carbons (Fsp3) is 0.219. The second-order valence-electron chi connectivity index (χ2n) is 9.66. The summed E-state index contributed by atoms with van der Waals surface area (Å²) in [6.07, 6.45) is 4.33. The molecule has 0 bridgehead atoms. The molecular weight excluding hydrogens is 541 g/mol. The first kappa shape index (κ1) is 22.5. The van der Waals surface area contributed by atoms with E-state index in [1.54, 1.807) is 6.92 Å². The third kappa shape index (κ3) is 4.00. The Morgan fingerprint density at radius 3 is 2.46 bits per heavy atom. The smallest absolute Gasteiger partial charge is 0.216 e. The summed E-state index contributed by atoms with van der Waals surface area (Å²) in [5.74, 6) is 0.412. The maximum absolute atomic E-state index is 11.6. The number of carbonyl (C=O) groups excluding carboxylic acids is 1. The van der Waals surface area contributed by atoms with Crippen LogP contribution < -0.4 is 5.32 Å². The monoisotopic (exact) mass is 569 g/mol. The molecule has 0 saturated carbocycles. The van der Waals surface area contributed by atoms with Crippen LogP contribution in [0.4, 0.5) is 0 Å². The summed E-state index contributed by atoms with van der Waals surface area (Å²) >= 11 is 2.44. The first-order valence-electron chi connectivity index (χ1n) is 12.5. The van der Waals surface area contributed by atoms with Gasteiger partial charge in [-0.1, -0.05) is 72.8 Å². The van der Waals surface area contributed by atoms with Crippen molar-refractivity contribution in [3.05, 3.63) is 105 Å². The number of carbonyl (C=O) groups is 1. The van der Waals surface area contributed by atoms with Crippen LogP contribution in [0, 0.1) is 3.57 Å². The molecule has 0 heterocycles. The van der Waals surface area contributed by atoms with E-state index < -0.39 is 0 Å². The van der Waals surface area contributed by atoms with Gasteiger partial charge in [-0.25, -0.2) is 0 Å². The highest BCUT2D eigenvalue weighted by Gasteiger charge is 2.26. The Labute approximate surface area is 219 Å². The molecule has 0 aromatic heterocycles. The van der Waals surface area contributed by atoms with Crippen LogP contribution in [-0.4, -0.2) is 12.5 Å². The molecule has 1 aliphatic carbocycles. The predicted octanol–water partition coefficient (Wildman–Crippen LogP) is 7.90. The van der Waals surface area contributed by atoms with Crippen molar-refractivity contribution in [2.75, 3.05) is 6.54 Å². The Kier molecular flexibility index (Phi) is 5.97. The van der Waals surface area contributed by atoms with Gasteiger partial charge in [-0.3, -0.25) is 4.79 Å². The predicted molar refractivity (Wildman–Crippen MR) is 155 cm³/mol. The molecule has 1 amide bonds. The molecule has 2 nitrogen and oxygen atoms in total. The molecule has 0 radical (unpaired) electrons. The standard InChI is InChI=1S/C32H28INO/c1-20(35)34-19-18-30-22-7-3-2-6-21(22)12-13-26(30)23-8-4-9-24-27(23)14-15-29-25-10-5-11-32(33)31(25)17-16-28(24)29/h2-3,5-7,10-17,23H,4,8-9,18-19H2,1H3,(H,34,35). The van der Waals surface area contributed by atoms with E-state index in [0.29, 0.717) is 12.5 Å². The van der Waals surface area contributed by atoms with Gasteiger partial charge in [0.05, 0.1) is 0 Å². The van der Waals surface area contributed by atoms with Crippen molar-refractivity contribution in [2.45, 2.75) is 38.5 Å². The first-order chi connectivity index (χ1) is 17.1. The quantitative estimate of drug-likeness (QED) is 0.173. The maximum atomic E-state index is 11.6. The van der Waals surface area contributed by atoms with E-state index in [1.165, 1.54) is 64.6 Å². The van der Waals surface area contributed by atoms with Crippen molar-refractivity contribution in [3.8, 4) is 0 Å². The lowest BCUT2D eigenvalue weighted by Gasteiger charge is -2.30. The maximum Gasteiger partial charge on any atom is 0.216 e. The lowest BCUT2D eigenvalue weighted by atomic mass is 9.75. The molecule has 35 heavy (non-hydrogen) atoms. The molecule has 174 valence electrons. The van der Waals surface area contributed by atoms with Crippen molar-refractivity contribution in [2.24, 2.45) is 0 Å². The van der Waals surface area contributed by atoms with Gasteiger partial charge in [0.1, 0.15) is 0 Å². The Morgan fingerprint density at radius 2 is 1.57 bits per heavy atom. The van der Waals surface area contributed by atoms with Crippen LogP contribution in [-0.2, 0) is 17.6 Å². The molecule has 6 rings (SSSR count). The third-order valence-electron chi connectivity index (χ3n) is 7.65. The molecule has 3 heteroatoms. The van der Waals surface area contributed by atoms with Crippen LogP contribution in [0.3, 0.4) is 0 Å². The summed E-state index contributed by atoms with van der Waals surface area (Å²) in [5, 5.41) is 11.0. The second-order valence-corrected chi connectivity index (χ2v) is 10.8. The van der Waals surface area contributed by atoms with Gasteiger partial charge in [-0.2, -0.15) is 0 Å². The van der Waals surface area contributed by atoms with E-state index in [0.717, 1.165) is 19.3 Å². The number of hydrogen-bond acceptors (Lipinski definition) is 1. The molecule has 1 aliphatic rings. The highest BCUT2D eigenvalue weighted by atomic mass is 127. The molecule has 5 aromatic carbocycles. The van der Waals surface area contributed by atoms with Crippen LogP contribution in [0.2, 0.25) is 0 Å². The summed E-state index contributed by atoms with van der Waals surface area (Å²) < 4.78 is 1.30. The van der Waals surface area contributed by atoms with E-state index in [9.17, 15) is 4.79 Å². The molecule has 0 aliphatic heterocycles. The topological polar surface area (TPSA) is 29.1 Å². The summed E-state index contributed by atoms with van der Waals surface area (Å²) in [6.45, 7) is 2.26. The largest absolute Gasteiger partial charge is 0.356 e. The molecule has 0 fully saturated rings. The molecular formula is C32H28INO. The third-order valence-corrected chi connectivity index (χ3v) is 8.59. The Morgan fingerprint density at radius 1 is 0.829 bits per heavy atom. The zero-order chi connectivity index (χ0) is 23.9. The number of benzene rings is 5. The molecule has 0 spiro atoms. The minimum Gasteiger partial charge on any atom is -0.356 e. The Bertz CT molecular complexity index is 1600. The van der Waals surface area contributed by atoms with Crippen molar-refractivity contribution >= 4 is 60.8 Å².